The van der Waals surface area contributed by atoms with Gasteiger partial charge in [-0.25, -0.2) is 0 Å². The average molecular weight is 304 g/mol. The molecule has 0 radical (unpaired) electrons. The van der Waals surface area contributed by atoms with Crippen LogP contribution >= 0.6 is 0 Å². The zero-order valence-electron chi connectivity index (χ0n) is 11.5. The lowest BCUT2D eigenvalue weighted by molar-refractivity contribution is -0.114. The van der Waals surface area contributed by atoms with Crippen molar-refractivity contribution in [3.05, 3.63) is 22.8 Å². The first-order chi connectivity index (χ1) is 9.04. The number of rotatable bonds is 8. The van der Waals surface area contributed by atoms with Crippen molar-refractivity contribution in [2.45, 2.75) is 33.1 Å². The second-order valence-corrected chi connectivity index (χ2v) is 6.11. The molecule has 8 heteroatoms. The fourth-order valence-corrected chi connectivity index (χ4v) is 2.03. The van der Waals surface area contributed by atoms with Gasteiger partial charge in [0.1, 0.15) is 0 Å². The van der Waals surface area contributed by atoms with E-state index in [1.807, 2.05) is 0 Å². The highest BCUT2D eigenvalue weighted by Crippen LogP contribution is 2.15. The molecule has 0 saturated heterocycles. The molecule has 7 nitrogen and oxygen atoms in total. The molecule has 0 aromatic rings. The van der Waals surface area contributed by atoms with Crippen LogP contribution in [0.1, 0.15) is 33.1 Å². The lowest BCUT2D eigenvalue weighted by Gasteiger charge is -2.08. The van der Waals surface area contributed by atoms with Crippen molar-refractivity contribution in [2.24, 2.45) is 11.5 Å². The quantitative estimate of drug-likeness (QED) is 0.335. The van der Waals surface area contributed by atoms with E-state index in [4.69, 9.17) is 16.0 Å². The molecule has 20 heavy (non-hydrogen) atoms. The standard InChI is InChI=1S/C12H20N2O5S/c1-8(2)10(12(14)16)7-9(11(13)15)5-3-4-6-20(17,18)19/h5H,3-4,6-7H2,1-2H3,(H2,13,15)(H2,14,16)(H,17,18,19)/b9-5-. The highest BCUT2D eigenvalue weighted by Gasteiger charge is 2.13. The Morgan fingerprint density at radius 3 is 2.05 bits per heavy atom. The molecule has 5 N–H and O–H groups in total. The van der Waals surface area contributed by atoms with Crippen LogP contribution in [0.3, 0.4) is 0 Å². The molecule has 0 aliphatic heterocycles. The zero-order valence-corrected chi connectivity index (χ0v) is 12.4. The Kier molecular flexibility index (Phi) is 7.16. The Hall–Kier alpha value is -1.67. The van der Waals surface area contributed by atoms with Gasteiger partial charge in [-0.1, -0.05) is 11.6 Å². The third-order valence-electron chi connectivity index (χ3n) is 2.58. The van der Waals surface area contributed by atoms with E-state index in [1.54, 1.807) is 13.8 Å². The highest BCUT2D eigenvalue weighted by atomic mass is 32.2. The number of nitrogens with two attached hydrogens (primary N) is 2. The molecule has 0 bridgehead atoms. The molecule has 0 aliphatic rings. The number of unbranched alkanes of at least 4 members (excludes halogenated alkanes) is 1. The Balaban J connectivity index is 4.87. The van der Waals surface area contributed by atoms with Crippen molar-refractivity contribution >= 4 is 21.9 Å². The van der Waals surface area contributed by atoms with Crippen LogP contribution in [0.5, 0.6) is 0 Å². The van der Waals surface area contributed by atoms with Crippen molar-refractivity contribution in [1.29, 1.82) is 0 Å². The molecule has 0 aromatic heterocycles. The fourth-order valence-electron chi connectivity index (χ4n) is 1.50. The summed E-state index contributed by atoms with van der Waals surface area (Å²) in [7, 11) is -4.02. The first-order valence-electron chi connectivity index (χ1n) is 5.94. The largest absolute Gasteiger partial charge is 0.366 e. The minimum absolute atomic E-state index is 0.0128. The van der Waals surface area contributed by atoms with E-state index in [0.29, 0.717) is 11.1 Å². The predicted octanol–water partition coefficient (Wildman–Crippen LogP) is 0.278. The normalized spacial score (nSPS) is 12.1. The number of amides is 2. The van der Waals surface area contributed by atoms with Gasteiger partial charge in [0.25, 0.3) is 10.1 Å². The Bertz CT molecular complexity index is 542. The summed E-state index contributed by atoms with van der Waals surface area (Å²) in [5.41, 5.74) is 11.6. The summed E-state index contributed by atoms with van der Waals surface area (Å²) in [5, 5.41) is 0. The van der Waals surface area contributed by atoms with E-state index in [2.05, 4.69) is 0 Å². The van der Waals surface area contributed by atoms with Crippen LogP contribution < -0.4 is 11.5 Å². The summed E-state index contributed by atoms with van der Waals surface area (Å²) in [5.74, 6) is -1.73. The van der Waals surface area contributed by atoms with Gasteiger partial charge >= 0.3 is 0 Å². The minimum Gasteiger partial charge on any atom is -0.366 e. The zero-order chi connectivity index (χ0) is 15.9. The van der Waals surface area contributed by atoms with Crippen molar-refractivity contribution in [3.8, 4) is 0 Å². The van der Waals surface area contributed by atoms with Gasteiger partial charge in [0.05, 0.1) is 5.75 Å². The van der Waals surface area contributed by atoms with Crippen LogP contribution in [0, 0.1) is 0 Å². The van der Waals surface area contributed by atoms with Crippen molar-refractivity contribution < 1.29 is 22.6 Å². The number of carbonyl (C=O) groups excluding carboxylic acids is 2. The van der Waals surface area contributed by atoms with Gasteiger partial charge in [0.15, 0.2) is 0 Å². The van der Waals surface area contributed by atoms with E-state index in [0.717, 1.165) is 0 Å². The maximum Gasteiger partial charge on any atom is 0.264 e. The monoisotopic (exact) mass is 304 g/mol. The molecule has 0 saturated carbocycles. The first kappa shape index (κ1) is 18.3. The molecule has 0 aromatic carbocycles. The van der Waals surface area contributed by atoms with Gasteiger partial charge in [0, 0.05) is 17.6 Å². The van der Waals surface area contributed by atoms with Gasteiger partial charge in [-0.15, -0.1) is 0 Å². The van der Waals surface area contributed by atoms with Crippen LogP contribution in [-0.2, 0) is 19.7 Å². The predicted molar refractivity (Wildman–Crippen MR) is 75.1 cm³/mol. The maximum absolute atomic E-state index is 11.3. The molecule has 114 valence electrons. The molecule has 0 rings (SSSR count). The number of hydrogen-bond acceptors (Lipinski definition) is 4. The lowest BCUT2D eigenvalue weighted by Crippen LogP contribution is -2.20. The van der Waals surface area contributed by atoms with E-state index in [1.165, 1.54) is 6.08 Å². The Morgan fingerprint density at radius 1 is 1.15 bits per heavy atom. The summed E-state index contributed by atoms with van der Waals surface area (Å²) < 4.78 is 29.7. The van der Waals surface area contributed by atoms with Crippen LogP contribution in [0.4, 0.5) is 0 Å². The highest BCUT2D eigenvalue weighted by molar-refractivity contribution is 7.85. The first-order valence-corrected chi connectivity index (χ1v) is 7.55. The molecule has 0 heterocycles. The molecule has 2 amide bonds. The van der Waals surface area contributed by atoms with Gasteiger partial charge in [-0.3, -0.25) is 14.1 Å². The molecule has 0 atom stereocenters. The van der Waals surface area contributed by atoms with Crippen LogP contribution in [0.15, 0.2) is 22.8 Å². The molecular formula is C12H20N2O5S. The summed E-state index contributed by atoms with van der Waals surface area (Å²) in [6.45, 7) is 3.38. The molecule has 0 spiro atoms. The topological polar surface area (TPSA) is 141 Å². The second-order valence-electron chi connectivity index (χ2n) is 4.54. The number of primary amides is 2. The molecular weight excluding hydrogens is 284 g/mol. The van der Waals surface area contributed by atoms with Crippen LogP contribution in [0.2, 0.25) is 0 Å². The van der Waals surface area contributed by atoms with Gasteiger partial charge in [-0.05, 0) is 26.7 Å². The maximum atomic E-state index is 11.3. The second kappa shape index (κ2) is 7.81. The van der Waals surface area contributed by atoms with Crippen molar-refractivity contribution in [2.75, 3.05) is 5.75 Å². The smallest absolute Gasteiger partial charge is 0.264 e. The Labute approximate surface area is 118 Å². The van der Waals surface area contributed by atoms with E-state index < -0.39 is 27.7 Å². The number of carbonyl (C=O) groups is 2. The van der Waals surface area contributed by atoms with Crippen LogP contribution in [-0.4, -0.2) is 30.5 Å². The van der Waals surface area contributed by atoms with Gasteiger partial charge in [-0.2, -0.15) is 8.42 Å². The summed E-state index contributed by atoms with van der Waals surface area (Å²) in [6, 6.07) is 0. The fraction of sp³-hybridized carbons (Fsp3) is 0.500. The summed E-state index contributed by atoms with van der Waals surface area (Å²) in [4.78, 5) is 22.5. The van der Waals surface area contributed by atoms with Crippen molar-refractivity contribution in [3.63, 3.8) is 0 Å². The summed E-state index contributed by atoms with van der Waals surface area (Å²) >= 11 is 0. The SMILES string of the molecule is CC(C)=C(C/C(=C/CCCS(=O)(=O)O)C(N)=O)C(N)=O. The number of hydrogen-bond donors (Lipinski definition) is 3. The van der Waals surface area contributed by atoms with E-state index in [9.17, 15) is 18.0 Å². The molecule has 0 aliphatic carbocycles. The minimum atomic E-state index is -4.02. The molecule has 0 unspecified atom stereocenters. The lowest BCUT2D eigenvalue weighted by atomic mass is 9.99. The van der Waals surface area contributed by atoms with Crippen molar-refractivity contribution in [1.82, 2.24) is 0 Å². The van der Waals surface area contributed by atoms with E-state index in [-0.39, 0.29) is 24.8 Å². The van der Waals surface area contributed by atoms with Gasteiger partial charge < -0.3 is 11.5 Å². The third-order valence-corrected chi connectivity index (χ3v) is 3.39. The average Bonchev–Trinajstić information content (AvgIpc) is 2.24. The Morgan fingerprint density at radius 2 is 1.70 bits per heavy atom. The van der Waals surface area contributed by atoms with E-state index >= 15 is 0 Å². The number of allylic oxidation sites excluding steroid dienone is 2. The summed E-state index contributed by atoms with van der Waals surface area (Å²) in [6.07, 6.45) is 1.86. The van der Waals surface area contributed by atoms with Gasteiger partial charge in [0.2, 0.25) is 11.8 Å². The van der Waals surface area contributed by atoms with Crippen LogP contribution in [0.25, 0.3) is 0 Å². The molecule has 0 fully saturated rings. The third kappa shape index (κ3) is 7.70.